The summed E-state index contributed by atoms with van der Waals surface area (Å²) in [5.74, 6) is -0.00571. The molecule has 126 valence electrons. The van der Waals surface area contributed by atoms with Crippen LogP contribution in [0.1, 0.15) is 0 Å². The number of hydrogen-bond acceptors (Lipinski definition) is 2. The molecule has 0 aliphatic rings. The van der Waals surface area contributed by atoms with E-state index in [0.29, 0.717) is 5.02 Å². The molecule has 0 N–H and O–H groups in total. The molecule has 5 nitrogen and oxygen atoms in total. The van der Waals surface area contributed by atoms with E-state index in [2.05, 4.69) is 11.2 Å². The SMILES string of the molecule is CN(C(=O)Cn1c2ccccc2c2c1cnn2C)c1ccc(Cl)cc1. The molecule has 0 unspecified atom stereocenters. The highest BCUT2D eigenvalue weighted by atomic mass is 35.5. The Bertz CT molecular complexity index is 1080. The molecule has 0 radical (unpaired) electrons. The summed E-state index contributed by atoms with van der Waals surface area (Å²) in [5.41, 5.74) is 3.84. The van der Waals surface area contributed by atoms with Gasteiger partial charge in [0.05, 0.1) is 22.7 Å². The fourth-order valence-corrected chi connectivity index (χ4v) is 3.32. The summed E-state index contributed by atoms with van der Waals surface area (Å²) < 4.78 is 3.87. The largest absolute Gasteiger partial charge is 0.328 e. The first-order valence-corrected chi connectivity index (χ1v) is 8.35. The summed E-state index contributed by atoms with van der Waals surface area (Å²) in [6, 6.07) is 15.3. The Labute approximate surface area is 150 Å². The van der Waals surface area contributed by atoms with Crippen molar-refractivity contribution in [1.29, 1.82) is 0 Å². The van der Waals surface area contributed by atoms with Gasteiger partial charge >= 0.3 is 0 Å². The van der Waals surface area contributed by atoms with Gasteiger partial charge in [-0.1, -0.05) is 29.8 Å². The Kier molecular flexibility index (Phi) is 3.73. The predicted molar refractivity (Wildman–Crippen MR) is 101 cm³/mol. The molecular weight excluding hydrogens is 336 g/mol. The third-order valence-corrected chi connectivity index (χ3v) is 4.79. The first-order chi connectivity index (χ1) is 12.1. The molecule has 1 amide bonds. The van der Waals surface area contributed by atoms with Crippen molar-refractivity contribution >= 4 is 45.1 Å². The van der Waals surface area contributed by atoms with E-state index in [1.807, 2.05) is 52.8 Å². The van der Waals surface area contributed by atoms with Crippen LogP contribution in [0.5, 0.6) is 0 Å². The molecule has 0 fully saturated rings. The van der Waals surface area contributed by atoms with Gasteiger partial charge in [0, 0.05) is 30.2 Å². The molecule has 0 aliphatic carbocycles. The molecule has 4 aromatic rings. The maximum absolute atomic E-state index is 12.8. The summed E-state index contributed by atoms with van der Waals surface area (Å²) in [6.45, 7) is 0.245. The number of para-hydroxylation sites is 1. The standard InChI is InChI=1S/C19H17ClN4O/c1-22(14-9-7-13(20)8-10-14)18(25)12-24-16-6-4-3-5-15(16)19-17(24)11-21-23(19)2/h3-11H,12H2,1-2H3. The molecule has 2 heterocycles. The number of carbonyl (C=O) groups excluding carboxylic acids is 1. The Balaban J connectivity index is 1.74. The predicted octanol–water partition coefficient (Wildman–Crippen LogP) is 3.84. The molecule has 0 aliphatic heterocycles. The van der Waals surface area contributed by atoms with Gasteiger partial charge in [-0.2, -0.15) is 5.10 Å². The third-order valence-electron chi connectivity index (χ3n) is 4.54. The Morgan fingerprint density at radius 2 is 1.84 bits per heavy atom. The summed E-state index contributed by atoms with van der Waals surface area (Å²) in [7, 11) is 3.69. The number of amides is 1. The zero-order valence-corrected chi connectivity index (χ0v) is 14.7. The van der Waals surface area contributed by atoms with Crippen molar-refractivity contribution in [3.05, 3.63) is 59.8 Å². The number of carbonyl (C=O) groups is 1. The van der Waals surface area contributed by atoms with Gasteiger partial charge in [-0.05, 0) is 30.3 Å². The van der Waals surface area contributed by atoms with Crippen LogP contribution in [0.3, 0.4) is 0 Å². The van der Waals surface area contributed by atoms with Crippen molar-refractivity contribution in [2.45, 2.75) is 6.54 Å². The molecule has 0 bridgehead atoms. The van der Waals surface area contributed by atoms with Gasteiger partial charge in [0.15, 0.2) is 0 Å². The normalized spacial score (nSPS) is 11.3. The number of aryl methyl sites for hydroxylation is 1. The van der Waals surface area contributed by atoms with Crippen LogP contribution in [0, 0.1) is 0 Å². The lowest BCUT2D eigenvalue weighted by atomic mass is 10.2. The van der Waals surface area contributed by atoms with Crippen LogP contribution in [0.15, 0.2) is 54.7 Å². The molecule has 0 saturated heterocycles. The minimum atomic E-state index is -0.00571. The van der Waals surface area contributed by atoms with Crippen LogP contribution in [0.4, 0.5) is 5.69 Å². The molecule has 0 atom stereocenters. The monoisotopic (exact) mass is 352 g/mol. The lowest BCUT2D eigenvalue weighted by Gasteiger charge is -2.18. The van der Waals surface area contributed by atoms with Crippen LogP contribution in [0.25, 0.3) is 21.9 Å². The van der Waals surface area contributed by atoms with E-state index in [4.69, 9.17) is 11.6 Å². The summed E-state index contributed by atoms with van der Waals surface area (Å²) in [5, 5.41) is 6.09. The van der Waals surface area contributed by atoms with Crippen LogP contribution < -0.4 is 4.90 Å². The lowest BCUT2D eigenvalue weighted by Crippen LogP contribution is -2.29. The molecule has 2 aromatic carbocycles. The van der Waals surface area contributed by atoms with E-state index < -0.39 is 0 Å². The van der Waals surface area contributed by atoms with E-state index in [1.165, 1.54) is 0 Å². The highest BCUT2D eigenvalue weighted by Crippen LogP contribution is 2.28. The lowest BCUT2D eigenvalue weighted by molar-refractivity contribution is -0.118. The minimum absolute atomic E-state index is 0.00571. The van der Waals surface area contributed by atoms with E-state index in [1.54, 1.807) is 24.1 Å². The Morgan fingerprint density at radius 1 is 1.12 bits per heavy atom. The van der Waals surface area contributed by atoms with Gasteiger partial charge in [0.25, 0.3) is 0 Å². The molecule has 0 spiro atoms. The van der Waals surface area contributed by atoms with E-state index >= 15 is 0 Å². The molecular formula is C19H17ClN4O. The maximum Gasteiger partial charge on any atom is 0.246 e. The van der Waals surface area contributed by atoms with Crippen molar-refractivity contribution in [1.82, 2.24) is 14.3 Å². The van der Waals surface area contributed by atoms with Crippen molar-refractivity contribution in [2.24, 2.45) is 7.05 Å². The van der Waals surface area contributed by atoms with Gasteiger partial charge in [-0.3, -0.25) is 9.48 Å². The average molecular weight is 353 g/mol. The number of halogens is 1. The topological polar surface area (TPSA) is 43.1 Å². The second-order valence-electron chi connectivity index (χ2n) is 6.03. The first kappa shape index (κ1) is 15.7. The number of fused-ring (bicyclic) bond motifs is 3. The third kappa shape index (κ3) is 2.57. The van der Waals surface area contributed by atoms with Gasteiger partial charge in [-0.25, -0.2) is 0 Å². The van der Waals surface area contributed by atoms with Gasteiger partial charge < -0.3 is 9.47 Å². The Morgan fingerprint density at radius 3 is 2.60 bits per heavy atom. The quantitative estimate of drug-likeness (QED) is 0.562. The molecule has 25 heavy (non-hydrogen) atoms. The zero-order valence-electron chi connectivity index (χ0n) is 14.0. The molecule has 2 aromatic heterocycles. The van der Waals surface area contributed by atoms with Crippen LogP contribution >= 0.6 is 11.6 Å². The van der Waals surface area contributed by atoms with Crippen molar-refractivity contribution in [2.75, 3.05) is 11.9 Å². The molecule has 6 heteroatoms. The number of nitrogens with zero attached hydrogens (tertiary/aromatic N) is 4. The minimum Gasteiger partial charge on any atom is -0.328 e. The maximum atomic E-state index is 12.8. The number of benzene rings is 2. The molecule has 4 rings (SSSR count). The highest BCUT2D eigenvalue weighted by molar-refractivity contribution is 6.30. The fraction of sp³-hybridized carbons (Fsp3) is 0.158. The second kappa shape index (κ2) is 5.93. The van der Waals surface area contributed by atoms with Crippen molar-refractivity contribution < 1.29 is 4.79 Å². The van der Waals surface area contributed by atoms with Gasteiger partial charge in [-0.15, -0.1) is 0 Å². The van der Waals surface area contributed by atoms with E-state index in [-0.39, 0.29) is 12.5 Å². The second-order valence-corrected chi connectivity index (χ2v) is 6.47. The highest BCUT2D eigenvalue weighted by Gasteiger charge is 2.18. The van der Waals surface area contributed by atoms with Gasteiger partial charge in [0.2, 0.25) is 5.91 Å². The smallest absolute Gasteiger partial charge is 0.246 e. The average Bonchev–Trinajstić information content (AvgIpc) is 3.14. The Hall–Kier alpha value is -2.79. The van der Waals surface area contributed by atoms with Crippen LogP contribution in [-0.2, 0) is 18.4 Å². The van der Waals surface area contributed by atoms with E-state index in [0.717, 1.165) is 27.6 Å². The summed E-state index contributed by atoms with van der Waals surface area (Å²) >= 11 is 5.93. The number of likely N-dealkylation sites (N-methyl/N-ethyl adjacent to an activating group) is 1. The zero-order chi connectivity index (χ0) is 17.6. The molecule has 0 saturated carbocycles. The summed E-state index contributed by atoms with van der Waals surface area (Å²) in [6.07, 6.45) is 1.81. The van der Waals surface area contributed by atoms with Crippen molar-refractivity contribution in [3.63, 3.8) is 0 Å². The first-order valence-electron chi connectivity index (χ1n) is 7.97. The summed E-state index contributed by atoms with van der Waals surface area (Å²) in [4.78, 5) is 14.5. The van der Waals surface area contributed by atoms with Crippen LogP contribution in [-0.4, -0.2) is 27.3 Å². The number of anilines is 1. The number of aromatic nitrogens is 3. The van der Waals surface area contributed by atoms with Crippen LogP contribution in [0.2, 0.25) is 5.02 Å². The van der Waals surface area contributed by atoms with E-state index in [9.17, 15) is 4.79 Å². The number of hydrogen-bond donors (Lipinski definition) is 0. The van der Waals surface area contributed by atoms with Crippen molar-refractivity contribution in [3.8, 4) is 0 Å². The van der Waals surface area contributed by atoms with Gasteiger partial charge in [0.1, 0.15) is 6.54 Å². The number of rotatable bonds is 3. The fourth-order valence-electron chi connectivity index (χ4n) is 3.20.